The number of amides is 2. The Morgan fingerprint density at radius 2 is 2.12 bits per heavy atom. The molecule has 0 unspecified atom stereocenters. The van der Waals surface area contributed by atoms with Gasteiger partial charge in [0.05, 0.1) is 31.4 Å². The first-order chi connectivity index (χ1) is 15.6. The maximum atomic E-state index is 12.5. The SMILES string of the molecule is COCC(=O)Nc1ccc2c(c1)[C@@H]1C[C@@H](CC(=O)NCc3ccccn3)O[C@H](CO)[C@@H]1O2. The highest BCUT2D eigenvalue weighted by molar-refractivity contribution is 5.92. The summed E-state index contributed by atoms with van der Waals surface area (Å²) in [6.45, 7) is 0.104. The number of benzene rings is 1. The van der Waals surface area contributed by atoms with Gasteiger partial charge in [0.25, 0.3) is 0 Å². The van der Waals surface area contributed by atoms with Gasteiger partial charge in [0.15, 0.2) is 0 Å². The van der Waals surface area contributed by atoms with Gasteiger partial charge in [-0.05, 0) is 36.8 Å². The lowest BCUT2D eigenvalue weighted by Gasteiger charge is -2.37. The van der Waals surface area contributed by atoms with E-state index in [0.29, 0.717) is 24.4 Å². The van der Waals surface area contributed by atoms with Crippen LogP contribution in [0.2, 0.25) is 0 Å². The molecule has 4 rings (SSSR count). The molecule has 32 heavy (non-hydrogen) atoms. The zero-order valence-electron chi connectivity index (χ0n) is 17.8. The van der Waals surface area contributed by atoms with Crippen molar-refractivity contribution in [1.29, 1.82) is 0 Å². The Morgan fingerprint density at radius 3 is 2.88 bits per heavy atom. The van der Waals surface area contributed by atoms with Gasteiger partial charge in [-0.1, -0.05) is 6.07 Å². The number of rotatable bonds is 8. The van der Waals surface area contributed by atoms with Crippen LogP contribution in [-0.2, 0) is 25.6 Å². The first-order valence-corrected chi connectivity index (χ1v) is 10.6. The van der Waals surface area contributed by atoms with E-state index >= 15 is 0 Å². The van der Waals surface area contributed by atoms with Crippen LogP contribution < -0.4 is 15.4 Å². The van der Waals surface area contributed by atoms with E-state index in [1.54, 1.807) is 18.3 Å². The maximum Gasteiger partial charge on any atom is 0.250 e. The van der Waals surface area contributed by atoms with Crippen molar-refractivity contribution in [2.24, 2.45) is 0 Å². The molecule has 0 saturated carbocycles. The molecule has 2 aliphatic heterocycles. The molecule has 0 spiro atoms. The third-order valence-electron chi connectivity index (χ3n) is 5.66. The molecule has 1 fully saturated rings. The molecule has 0 radical (unpaired) electrons. The molecule has 0 aliphatic carbocycles. The summed E-state index contributed by atoms with van der Waals surface area (Å²) in [5.74, 6) is 0.261. The van der Waals surface area contributed by atoms with Gasteiger partial charge in [0, 0.05) is 30.5 Å². The Morgan fingerprint density at radius 1 is 1.25 bits per heavy atom. The van der Waals surface area contributed by atoms with E-state index in [1.165, 1.54) is 7.11 Å². The molecule has 3 heterocycles. The second-order valence-electron chi connectivity index (χ2n) is 7.94. The monoisotopic (exact) mass is 441 g/mol. The number of ether oxygens (including phenoxy) is 3. The average molecular weight is 441 g/mol. The van der Waals surface area contributed by atoms with Gasteiger partial charge in [0.1, 0.15) is 24.6 Å². The van der Waals surface area contributed by atoms with E-state index in [0.717, 1.165) is 11.3 Å². The molecule has 1 aromatic carbocycles. The molecular formula is C23H27N3O6. The second kappa shape index (κ2) is 10.1. The van der Waals surface area contributed by atoms with E-state index in [4.69, 9.17) is 14.2 Å². The number of aliphatic hydroxyl groups excluding tert-OH is 1. The normalized spacial score (nSPS) is 23.6. The summed E-state index contributed by atoms with van der Waals surface area (Å²) in [5.41, 5.74) is 2.36. The summed E-state index contributed by atoms with van der Waals surface area (Å²) in [4.78, 5) is 28.5. The Balaban J connectivity index is 1.42. The third-order valence-corrected chi connectivity index (χ3v) is 5.66. The fourth-order valence-electron chi connectivity index (χ4n) is 4.27. The largest absolute Gasteiger partial charge is 0.487 e. The number of nitrogens with zero attached hydrogens (tertiary/aromatic N) is 1. The van der Waals surface area contributed by atoms with Crippen molar-refractivity contribution in [2.75, 3.05) is 25.6 Å². The molecule has 9 heteroatoms. The molecule has 2 aliphatic rings. The Kier molecular flexibility index (Phi) is 6.99. The zero-order chi connectivity index (χ0) is 22.5. The number of fused-ring (bicyclic) bond motifs is 3. The first-order valence-electron chi connectivity index (χ1n) is 10.6. The first kappa shape index (κ1) is 22.2. The molecule has 1 aromatic heterocycles. The van der Waals surface area contributed by atoms with Crippen LogP contribution >= 0.6 is 0 Å². The molecule has 2 amide bonds. The van der Waals surface area contributed by atoms with Gasteiger partial charge in [-0.3, -0.25) is 14.6 Å². The summed E-state index contributed by atoms with van der Waals surface area (Å²) in [6, 6.07) is 11.0. The summed E-state index contributed by atoms with van der Waals surface area (Å²) in [5, 5.41) is 15.5. The summed E-state index contributed by atoms with van der Waals surface area (Å²) in [7, 11) is 1.46. The number of hydrogen-bond acceptors (Lipinski definition) is 7. The fraction of sp³-hybridized carbons (Fsp3) is 0.435. The molecule has 2 aromatic rings. The van der Waals surface area contributed by atoms with E-state index in [-0.39, 0.29) is 49.6 Å². The van der Waals surface area contributed by atoms with E-state index < -0.39 is 6.10 Å². The highest BCUT2D eigenvalue weighted by Gasteiger charge is 2.46. The van der Waals surface area contributed by atoms with Crippen molar-refractivity contribution in [2.45, 2.75) is 43.6 Å². The summed E-state index contributed by atoms with van der Waals surface area (Å²) in [6.07, 6.45) is 1.18. The summed E-state index contributed by atoms with van der Waals surface area (Å²) < 4.78 is 16.9. The number of hydrogen-bond donors (Lipinski definition) is 3. The highest BCUT2D eigenvalue weighted by atomic mass is 16.6. The van der Waals surface area contributed by atoms with Crippen molar-refractivity contribution < 1.29 is 28.9 Å². The van der Waals surface area contributed by atoms with Gasteiger partial charge in [-0.15, -0.1) is 0 Å². The van der Waals surface area contributed by atoms with Crippen LogP contribution in [-0.4, -0.2) is 60.5 Å². The summed E-state index contributed by atoms with van der Waals surface area (Å²) >= 11 is 0. The van der Waals surface area contributed by atoms with Crippen molar-refractivity contribution in [1.82, 2.24) is 10.3 Å². The van der Waals surface area contributed by atoms with E-state index in [1.807, 2.05) is 24.3 Å². The Hall–Kier alpha value is -3.01. The predicted octanol–water partition coefficient (Wildman–Crippen LogP) is 1.37. The zero-order valence-corrected chi connectivity index (χ0v) is 17.8. The number of pyridine rings is 1. The van der Waals surface area contributed by atoms with Gasteiger partial charge in [-0.2, -0.15) is 0 Å². The lowest BCUT2D eigenvalue weighted by atomic mass is 9.84. The standard InChI is InChI=1S/C23H27N3O6/c1-30-13-22(29)26-14-5-6-19-17(8-14)18-9-16(31-20(12-27)23(18)32-19)10-21(28)25-11-15-4-2-3-7-24-15/h2-8,16,18,20,23,27H,9-13H2,1H3,(H,25,28)(H,26,29)/t16-,18-,20+,23+/m0/s1. The van der Waals surface area contributed by atoms with E-state index in [2.05, 4.69) is 15.6 Å². The topological polar surface area (TPSA) is 119 Å². The Bertz CT molecular complexity index is 954. The number of nitrogens with one attached hydrogen (secondary N) is 2. The molecule has 1 saturated heterocycles. The van der Waals surface area contributed by atoms with Crippen LogP contribution in [0.15, 0.2) is 42.6 Å². The number of methoxy groups -OCH3 is 1. The second-order valence-corrected chi connectivity index (χ2v) is 7.94. The molecule has 9 nitrogen and oxygen atoms in total. The number of aliphatic hydroxyl groups is 1. The van der Waals surface area contributed by atoms with Gasteiger partial charge in [0.2, 0.25) is 11.8 Å². The molecule has 170 valence electrons. The van der Waals surface area contributed by atoms with Crippen LogP contribution in [0.25, 0.3) is 0 Å². The van der Waals surface area contributed by atoms with Gasteiger partial charge >= 0.3 is 0 Å². The molecule has 4 atom stereocenters. The number of carbonyl (C=O) groups excluding carboxylic acids is 2. The highest BCUT2D eigenvalue weighted by Crippen LogP contribution is 2.47. The lowest BCUT2D eigenvalue weighted by Crippen LogP contribution is -2.47. The Labute approximate surface area is 186 Å². The van der Waals surface area contributed by atoms with Crippen molar-refractivity contribution >= 4 is 17.5 Å². The third kappa shape index (κ3) is 5.07. The molecular weight excluding hydrogens is 414 g/mol. The van der Waals surface area contributed by atoms with E-state index in [9.17, 15) is 14.7 Å². The van der Waals surface area contributed by atoms with Crippen LogP contribution in [0, 0.1) is 0 Å². The number of anilines is 1. The number of carbonyl (C=O) groups is 2. The van der Waals surface area contributed by atoms with Gasteiger partial charge < -0.3 is 30.0 Å². The minimum Gasteiger partial charge on any atom is -0.487 e. The van der Waals surface area contributed by atoms with Crippen LogP contribution in [0.3, 0.4) is 0 Å². The molecule has 3 N–H and O–H groups in total. The van der Waals surface area contributed by atoms with Crippen LogP contribution in [0.1, 0.15) is 30.0 Å². The smallest absolute Gasteiger partial charge is 0.250 e. The van der Waals surface area contributed by atoms with Crippen LogP contribution in [0.4, 0.5) is 5.69 Å². The minimum absolute atomic E-state index is 0.0320. The van der Waals surface area contributed by atoms with Crippen molar-refractivity contribution in [3.63, 3.8) is 0 Å². The van der Waals surface area contributed by atoms with Crippen LogP contribution in [0.5, 0.6) is 5.75 Å². The van der Waals surface area contributed by atoms with Crippen molar-refractivity contribution in [3.05, 3.63) is 53.9 Å². The fourth-order valence-corrected chi connectivity index (χ4v) is 4.27. The van der Waals surface area contributed by atoms with Crippen molar-refractivity contribution in [3.8, 4) is 5.75 Å². The maximum absolute atomic E-state index is 12.5. The predicted molar refractivity (Wildman–Crippen MR) is 115 cm³/mol. The number of aromatic nitrogens is 1. The lowest BCUT2D eigenvalue weighted by molar-refractivity contribution is -0.142. The molecule has 0 bridgehead atoms. The minimum atomic E-state index is -0.540. The quantitative estimate of drug-likeness (QED) is 0.566. The van der Waals surface area contributed by atoms with Gasteiger partial charge in [-0.25, -0.2) is 0 Å². The average Bonchev–Trinajstić information content (AvgIpc) is 3.16.